The van der Waals surface area contributed by atoms with Crippen LogP contribution in [0.2, 0.25) is 0 Å². The van der Waals surface area contributed by atoms with Crippen molar-refractivity contribution in [3.63, 3.8) is 0 Å². The van der Waals surface area contributed by atoms with E-state index < -0.39 is 11.6 Å². The SMILES string of the molecule is O=c1[nH]nc(SCc2cccc(F)c2F)n1CC1CCCO1. The quantitative estimate of drug-likeness (QED) is 0.856. The first kappa shape index (κ1) is 15.2. The van der Waals surface area contributed by atoms with E-state index in [0.29, 0.717) is 18.3 Å². The van der Waals surface area contributed by atoms with Crippen molar-refractivity contribution in [2.24, 2.45) is 0 Å². The molecule has 1 saturated heterocycles. The molecule has 1 aromatic carbocycles. The zero-order valence-electron chi connectivity index (χ0n) is 11.7. The maximum Gasteiger partial charge on any atom is 0.344 e. The number of H-pyrrole nitrogens is 1. The van der Waals surface area contributed by atoms with Crippen molar-refractivity contribution < 1.29 is 13.5 Å². The minimum Gasteiger partial charge on any atom is -0.376 e. The molecule has 3 rings (SSSR count). The second-order valence-electron chi connectivity index (χ2n) is 5.06. The Balaban J connectivity index is 1.72. The summed E-state index contributed by atoms with van der Waals surface area (Å²) >= 11 is 1.19. The van der Waals surface area contributed by atoms with Gasteiger partial charge in [0, 0.05) is 17.9 Å². The second kappa shape index (κ2) is 6.62. The molecule has 1 atom stereocenters. The highest BCUT2D eigenvalue weighted by Gasteiger charge is 2.20. The van der Waals surface area contributed by atoms with Gasteiger partial charge in [-0.15, -0.1) is 5.10 Å². The van der Waals surface area contributed by atoms with E-state index in [1.807, 2.05) is 0 Å². The lowest BCUT2D eigenvalue weighted by atomic mass is 10.2. The Bertz CT molecular complexity index is 710. The molecule has 0 aliphatic carbocycles. The van der Waals surface area contributed by atoms with Crippen LogP contribution in [0.3, 0.4) is 0 Å². The average Bonchev–Trinajstić information content (AvgIpc) is 3.13. The number of nitrogens with zero attached hydrogens (tertiary/aromatic N) is 2. The highest BCUT2D eigenvalue weighted by atomic mass is 32.2. The molecular formula is C14H15F2N3O2S. The molecule has 0 bridgehead atoms. The third kappa shape index (κ3) is 3.22. The standard InChI is InChI=1S/C14H15F2N3O2S/c15-11-5-1-3-9(12(11)16)8-22-14-18-17-13(20)19(14)7-10-4-2-6-21-10/h1,3,5,10H,2,4,6-8H2,(H,17,20). The predicted octanol–water partition coefficient (Wildman–Crippen LogP) is 2.32. The van der Waals surface area contributed by atoms with E-state index in [2.05, 4.69) is 10.2 Å². The summed E-state index contributed by atoms with van der Waals surface area (Å²) in [4.78, 5) is 11.8. The van der Waals surface area contributed by atoms with Crippen molar-refractivity contribution in [2.75, 3.05) is 6.61 Å². The van der Waals surface area contributed by atoms with E-state index in [4.69, 9.17) is 4.74 Å². The van der Waals surface area contributed by atoms with Crippen LogP contribution in [-0.4, -0.2) is 27.5 Å². The van der Waals surface area contributed by atoms with Crippen molar-refractivity contribution in [2.45, 2.75) is 36.4 Å². The molecule has 0 radical (unpaired) electrons. The molecule has 0 amide bonds. The van der Waals surface area contributed by atoms with Gasteiger partial charge in [0.25, 0.3) is 0 Å². The highest BCUT2D eigenvalue weighted by molar-refractivity contribution is 7.98. The molecule has 5 nitrogen and oxygen atoms in total. The van der Waals surface area contributed by atoms with Crippen LogP contribution in [0, 0.1) is 11.6 Å². The molecule has 1 N–H and O–H groups in total. The van der Waals surface area contributed by atoms with E-state index in [0.717, 1.165) is 18.9 Å². The summed E-state index contributed by atoms with van der Waals surface area (Å²) in [7, 11) is 0. The van der Waals surface area contributed by atoms with Gasteiger partial charge in [0.15, 0.2) is 16.8 Å². The molecule has 2 heterocycles. The minimum atomic E-state index is -0.878. The maximum atomic E-state index is 13.6. The molecule has 1 aliphatic rings. The van der Waals surface area contributed by atoms with Crippen LogP contribution < -0.4 is 5.69 Å². The van der Waals surface area contributed by atoms with Gasteiger partial charge in [0.1, 0.15) is 0 Å². The first-order valence-electron chi connectivity index (χ1n) is 6.97. The Kier molecular flexibility index (Phi) is 4.58. The van der Waals surface area contributed by atoms with Crippen molar-refractivity contribution in [3.8, 4) is 0 Å². The number of rotatable bonds is 5. The van der Waals surface area contributed by atoms with Gasteiger partial charge in [-0.25, -0.2) is 18.7 Å². The lowest BCUT2D eigenvalue weighted by Gasteiger charge is -2.11. The minimum absolute atomic E-state index is 0.000515. The van der Waals surface area contributed by atoms with Gasteiger partial charge in [-0.3, -0.25) is 4.57 Å². The maximum absolute atomic E-state index is 13.6. The second-order valence-corrected chi connectivity index (χ2v) is 6.00. The predicted molar refractivity (Wildman–Crippen MR) is 77.7 cm³/mol. The first-order valence-corrected chi connectivity index (χ1v) is 7.96. The smallest absolute Gasteiger partial charge is 0.344 e. The topological polar surface area (TPSA) is 59.9 Å². The molecule has 1 unspecified atom stereocenters. The molecule has 1 aromatic heterocycles. The largest absolute Gasteiger partial charge is 0.376 e. The lowest BCUT2D eigenvalue weighted by Crippen LogP contribution is -2.24. The number of thioether (sulfide) groups is 1. The number of aromatic amines is 1. The molecule has 0 saturated carbocycles. The Labute approximate surface area is 129 Å². The average molecular weight is 327 g/mol. The molecule has 8 heteroatoms. The van der Waals surface area contributed by atoms with Crippen LogP contribution in [-0.2, 0) is 17.0 Å². The number of hydrogen-bond donors (Lipinski definition) is 1. The van der Waals surface area contributed by atoms with Crippen molar-refractivity contribution in [1.29, 1.82) is 0 Å². The number of halogens is 2. The van der Waals surface area contributed by atoms with E-state index in [1.54, 1.807) is 0 Å². The van der Waals surface area contributed by atoms with E-state index in [1.165, 1.54) is 28.5 Å². The summed E-state index contributed by atoms with van der Waals surface area (Å²) in [6.45, 7) is 1.12. The fraction of sp³-hybridized carbons (Fsp3) is 0.429. The normalized spacial score (nSPS) is 18.0. The van der Waals surface area contributed by atoms with E-state index in [-0.39, 0.29) is 23.1 Å². The summed E-state index contributed by atoms with van der Waals surface area (Å²) in [6.07, 6.45) is 1.88. The van der Waals surface area contributed by atoms with Gasteiger partial charge < -0.3 is 4.74 Å². The molecule has 22 heavy (non-hydrogen) atoms. The van der Waals surface area contributed by atoms with Gasteiger partial charge in [0.2, 0.25) is 0 Å². The summed E-state index contributed by atoms with van der Waals surface area (Å²) in [5.41, 5.74) is -0.0816. The zero-order chi connectivity index (χ0) is 15.5. The number of aromatic nitrogens is 3. The Morgan fingerprint density at radius 2 is 2.32 bits per heavy atom. The van der Waals surface area contributed by atoms with Gasteiger partial charge in [0.05, 0.1) is 12.6 Å². The molecular weight excluding hydrogens is 312 g/mol. The summed E-state index contributed by atoms with van der Waals surface area (Å²) < 4.78 is 33.8. The van der Waals surface area contributed by atoms with E-state index in [9.17, 15) is 13.6 Å². The van der Waals surface area contributed by atoms with Gasteiger partial charge >= 0.3 is 5.69 Å². The third-order valence-corrected chi connectivity index (χ3v) is 4.55. The highest BCUT2D eigenvalue weighted by Crippen LogP contribution is 2.23. The number of ether oxygens (including phenoxy) is 1. The monoisotopic (exact) mass is 327 g/mol. The van der Waals surface area contributed by atoms with Crippen molar-refractivity contribution >= 4 is 11.8 Å². The third-order valence-electron chi connectivity index (χ3n) is 3.52. The molecule has 2 aromatic rings. The summed E-state index contributed by atoms with van der Waals surface area (Å²) in [5, 5.41) is 6.78. The lowest BCUT2D eigenvalue weighted by molar-refractivity contribution is 0.0941. The number of nitrogens with one attached hydrogen (secondary N) is 1. The molecule has 1 fully saturated rings. The van der Waals surface area contributed by atoms with Gasteiger partial charge in [-0.1, -0.05) is 23.9 Å². The first-order chi connectivity index (χ1) is 10.6. The Morgan fingerprint density at radius 3 is 3.09 bits per heavy atom. The number of benzene rings is 1. The fourth-order valence-corrected chi connectivity index (χ4v) is 3.30. The van der Waals surface area contributed by atoms with Crippen LogP contribution in [0.4, 0.5) is 8.78 Å². The molecule has 118 valence electrons. The van der Waals surface area contributed by atoms with Gasteiger partial charge in [-0.05, 0) is 18.9 Å². The Morgan fingerprint density at radius 1 is 1.45 bits per heavy atom. The fourth-order valence-electron chi connectivity index (χ4n) is 2.37. The van der Waals surface area contributed by atoms with Crippen LogP contribution in [0.1, 0.15) is 18.4 Å². The summed E-state index contributed by atoms with van der Waals surface area (Å²) in [6, 6.07) is 4.05. The Hall–Kier alpha value is -1.67. The summed E-state index contributed by atoms with van der Waals surface area (Å²) in [5.74, 6) is -1.55. The molecule has 0 spiro atoms. The van der Waals surface area contributed by atoms with Gasteiger partial charge in [-0.2, -0.15) is 0 Å². The van der Waals surface area contributed by atoms with Crippen molar-refractivity contribution in [1.82, 2.24) is 14.8 Å². The zero-order valence-corrected chi connectivity index (χ0v) is 12.5. The van der Waals surface area contributed by atoms with Crippen LogP contribution >= 0.6 is 11.8 Å². The number of hydrogen-bond acceptors (Lipinski definition) is 4. The van der Waals surface area contributed by atoms with Crippen molar-refractivity contribution in [3.05, 3.63) is 45.9 Å². The van der Waals surface area contributed by atoms with E-state index >= 15 is 0 Å². The molecule has 1 aliphatic heterocycles. The van der Waals surface area contributed by atoms with Crippen LogP contribution in [0.15, 0.2) is 28.2 Å². The van der Waals surface area contributed by atoms with Crippen LogP contribution in [0.25, 0.3) is 0 Å². The van der Waals surface area contributed by atoms with Crippen LogP contribution in [0.5, 0.6) is 0 Å².